The van der Waals surface area contributed by atoms with Crippen molar-refractivity contribution in [2.45, 2.75) is 46.2 Å². The summed E-state index contributed by atoms with van der Waals surface area (Å²) < 4.78 is 5.88. The molecule has 0 aliphatic carbocycles. The highest BCUT2D eigenvalue weighted by atomic mass is 16.5. The van der Waals surface area contributed by atoms with Crippen LogP contribution in [0.25, 0.3) is 0 Å². The van der Waals surface area contributed by atoms with Crippen LogP contribution in [0.2, 0.25) is 0 Å². The van der Waals surface area contributed by atoms with Gasteiger partial charge < -0.3 is 10.1 Å². The van der Waals surface area contributed by atoms with E-state index in [0.29, 0.717) is 17.8 Å². The minimum absolute atomic E-state index is 0.463. The van der Waals surface area contributed by atoms with Crippen LogP contribution in [0.3, 0.4) is 0 Å². The van der Waals surface area contributed by atoms with Crippen LogP contribution >= 0.6 is 0 Å². The van der Waals surface area contributed by atoms with Gasteiger partial charge in [0.2, 0.25) is 5.88 Å². The Labute approximate surface area is 127 Å². The van der Waals surface area contributed by atoms with Gasteiger partial charge in [0.05, 0.1) is 0 Å². The monoisotopic (exact) mass is 284 g/mol. The number of nitrogens with one attached hydrogen (secondary N) is 1. The van der Waals surface area contributed by atoms with Gasteiger partial charge in [-0.25, -0.2) is 4.98 Å². The fraction of sp³-hybridized carbons (Fsp3) is 0.389. The van der Waals surface area contributed by atoms with E-state index >= 15 is 0 Å². The molecule has 1 N–H and O–H groups in total. The number of nitrogens with zero attached hydrogens (tertiary/aromatic N) is 1. The molecule has 0 saturated heterocycles. The predicted molar refractivity (Wildman–Crippen MR) is 86.8 cm³/mol. The minimum atomic E-state index is 0.463. The van der Waals surface area contributed by atoms with Gasteiger partial charge >= 0.3 is 0 Å². The van der Waals surface area contributed by atoms with Gasteiger partial charge in [0.1, 0.15) is 5.75 Å². The van der Waals surface area contributed by atoms with Gasteiger partial charge in [-0.3, -0.25) is 0 Å². The number of hydrogen-bond donors (Lipinski definition) is 1. The Bertz CT molecular complexity index is 579. The minimum Gasteiger partial charge on any atom is -0.439 e. The molecule has 0 saturated carbocycles. The van der Waals surface area contributed by atoms with E-state index in [1.165, 1.54) is 11.1 Å². The average Bonchev–Trinajstić information content (AvgIpc) is 2.46. The topological polar surface area (TPSA) is 34.2 Å². The molecule has 0 bridgehead atoms. The summed E-state index contributed by atoms with van der Waals surface area (Å²) >= 11 is 0. The summed E-state index contributed by atoms with van der Waals surface area (Å²) in [6.07, 6.45) is 1.79. The van der Waals surface area contributed by atoms with Crippen molar-refractivity contribution in [1.82, 2.24) is 10.3 Å². The molecule has 0 radical (unpaired) electrons. The molecule has 2 aromatic rings. The fourth-order valence-electron chi connectivity index (χ4n) is 2.00. The number of rotatable bonds is 6. The van der Waals surface area contributed by atoms with Crippen molar-refractivity contribution in [2.24, 2.45) is 0 Å². The number of ether oxygens (including phenoxy) is 1. The highest BCUT2D eigenvalue weighted by Gasteiger charge is 2.04. The second kappa shape index (κ2) is 7.23. The summed E-state index contributed by atoms with van der Waals surface area (Å²) in [5.74, 6) is 1.96. The normalized spacial score (nSPS) is 11.1. The number of pyridine rings is 1. The second-order valence-electron chi connectivity index (χ2n) is 5.87. The maximum atomic E-state index is 5.88. The third-order valence-electron chi connectivity index (χ3n) is 3.26. The van der Waals surface area contributed by atoms with E-state index in [0.717, 1.165) is 12.3 Å². The molecule has 1 heterocycles. The molecule has 3 nitrogen and oxygen atoms in total. The highest BCUT2D eigenvalue weighted by Crippen LogP contribution is 2.24. The summed E-state index contributed by atoms with van der Waals surface area (Å²) in [6.45, 7) is 9.44. The van der Waals surface area contributed by atoms with Crippen molar-refractivity contribution >= 4 is 0 Å². The van der Waals surface area contributed by atoms with Gasteiger partial charge in [0.25, 0.3) is 0 Å². The Hall–Kier alpha value is -1.87. The van der Waals surface area contributed by atoms with E-state index in [9.17, 15) is 0 Å². The Balaban J connectivity index is 2.09. The van der Waals surface area contributed by atoms with Crippen LogP contribution in [0, 0.1) is 0 Å². The molecule has 1 aromatic carbocycles. The van der Waals surface area contributed by atoms with Gasteiger partial charge in [-0.05, 0) is 35.2 Å². The maximum absolute atomic E-state index is 5.88. The van der Waals surface area contributed by atoms with Gasteiger partial charge in [-0.2, -0.15) is 0 Å². The van der Waals surface area contributed by atoms with Gasteiger partial charge in [0.15, 0.2) is 0 Å². The molecule has 0 spiro atoms. The van der Waals surface area contributed by atoms with Crippen molar-refractivity contribution < 1.29 is 4.74 Å². The zero-order valence-electron chi connectivity index (χ0n) is 13.3. The van der Waals surface area contributed by atoms with Crippen LogP contribution in [0.4, 0.5) is 0 Å². The molecule has 0 fully saturated rings. The first-order valence-electron chi connectivity index (χ1n) is 7.50. The maximum Gasteiger partial charge on any atom is 0.219 e. The lowest BCUT2D eigenvalue weighted by Gasteiger charge is -2.11. The molecular formula is C18H24N2O. The quantitative estimate of drug-likeness (QED) is 0.848. The molecule has 0 aliphatic heterocycles. The summed E-state index contributed by atoms with van der Waals surface area (Å²) in [4.78, 5) is 4.29. The van der Waals surface area contributed by atoms with Crippen molar-refractivity contribution in [2.75, 3.05) is 0 Å². The zero-order chi connectivity index (χ0) is 15.2. The van der Waals surface area contributed by atoms with Crippen LogP contribution in [0.1, 0.15) is 44.7 Å². The van der Waals surface area contributed by atoms with Crippen molar-refractivity contribution in [1.29, 1.82) is 0 Å². The molecule has 2 rings (SSSR count). The first-order chi connectivity index (χ1) is 10.0. The van der Waals surface area contributed by atoms with E-state index in [4.69, 9.17) is 4.74 Å². The molecule has 0 amide bonds. The van der Waals surface area contributed by atoms with E-state index in [2.05, 4.69) is 50.1 Å². The summed E-state index contributed by atoms with van der Waals surface area (Å²) in [7, 11) is 0. The van der Waals surface area contributed by atoms with E-state index in [1.807, 2.05) is 24.3 Å². The highest BCUT2D eigenvalue weighted by molar-refractivity contribution is 5.33. The third-order valence-corrected chi connectivity index (χ3v) is 3.26. The lowest BCUT2D eigenvalue weighted by molar-refractivity contribution is 0.460. The number of benzene rings is 1. The van der Waals surface area contributed by atoms with Crippen LogP contribution in [0.15, 0.2) is 42.6 Å². The van der Waals surface area contributed by atoms with E-state index in [1.54, 1.807) is 6.20 Å². The number of hydrogen-bond acceptors (Lipinski definition) is 3. The Kier molecular flexibility index (Phi) is 5.34. The third kappa shape index (κ3) is 4.87. The molecular weight excluding hydrogens is 260 g/mol. The fourth-order valence-corrected chi connectivity index (χ4v) is 2.00. The SMILES string of the molecule is CC(C)NCc1ccnc(Oc2cccc(C(C)C)c2)c1. The lowest BCUT2D eigenvalue weighted by atomic mass is 10.0. The van der Waals surface area contributed by atoms with Crippen molar-refractivity contribution in [3.8, 4) is 11.6 Å². The average molecular weight is 284 g/mol. The predicted octanol–water partition coefficient (Wildman–Crippen LogP) is 4.50. The van der Waals surface area contributed by atoms with Crippen molar-refractivity contribution in [3.63, 3.8) is 0 Å². The van der Waals surface area contributed by atoms with Crippen LogP contribution in [0.5, 0.6) is 11.6 Å². The van der Waals surface area contributed by atoms with Crippen LogP contribution < -0.4 is 10.1 Å². The first kappa shape index (κ1) is 15.5. The second-order valence-corrected chi connectivity index (χ2v) is 5.87. The molecule has 21 heavy (non-hydrogen) atoms. The molecule has 112 valence electrons. The first-order valence-corrected chi connectivity index (χ1v) is 7.50. The largest absolute Gasteiger partial charge is 0.439 e. The zero-order valence-corrected chi connectivity index (χ0v) is 13.3. The Morgan fingerprint density at radius 1 is 1.10 bits per heavy atom. The Morgan fingerprint density at radius 3 is 2.62 bits per heavy atom. The molecule has 3 heteroatoms. The van der Waals surface area contributed by atoms with Crippen LogP contribution in [-0.2, 0) is 6.54 Å². The smallest absolute Gasteiger partial charge is 0.219 e. The summed E-state index contributed by atoms with van der Waals surface area (Å²) in [6, 6.07) is 12.6. The van der Waals surface area contributed by atoms with Gasteiger partial charge in [0, 0.05) is 24.8 Å². The molecule has 0 aliphatic rings. The molecule has 0 unspecified atom stereocenters. The lowest BCUT2D eigenvalue weighted by Crippen LogP contribution is -2.21. The summed E-state index contributed by atoms with van der Waals surface area (Å²) in [5.41, 5.74) is 2.44. The molecule has 1 aromatic heterocycles. The van der Waals surface area contributed by atoms with Crippen molar-refractivity contribution in [3.05, 3.63) is 53.7 Å². The van der Waals surface area contributed by atoms with E-state index < -0.39 is 0 Å². The van der Waals surface area contributed by atoms with Gasteiger partial charge in [-0.15, -0.1) is 0 Å². The standard InChI is InChI=1S/C18H24N2O/c1-13(2)16-6-5-7-17(11-16)21-18-10-15(8-9-19-18)12-20-14(3)4/h5-11,13-14,20H,12H2,1-4H3. The molecule has 0 atom stereocenters. The van der Waals surface area contributed by atoms with Gasteiger partial charge in [-0.1, -0.05) is 39.8 Å². The van der Waals surface area contributed by atoms with Crippen LogP contribution in [-0.4, -0.2) is 11.0 Å². The number of aromatic nitrogens is 1. The Morgan fingerprint density at radius 2 is 1.90 bits per heavy atom. The van der Waals surface area contributed by atoms with E-state index in [-0.39, 0.29) is 0 Å². The summed E-state index contributed by atoms with van der Waals surface area (Å²) in [5, 5.41) is 3.39.